The number of rotatable bonds is 5. The Morgan fingerprint density at radius 3 is 2.44 bits per heavy atom. The summed E-state index contributed by atoms with van der Waals surface area (Å²) in [5.41, 5.74) is 5.23. The minimum absolute atomic E-state index is 0.249. The number of nitrogens with zero attached hydrogens (tertiary/aromatic N) is 2. The van der Waals surface area contributed by atoms with Crippen LogP contribution in [0.5, 0.6) is 0 Å². The van der Waals surface area contributed by atoms with E-state index in [4.69, 9.17) is 0 Å². The molecule has 0 saturated heterocycles. The molecule has 0 radical (unpaired) electrons. The first-order valence-corrected chi connectivity index (χ1v) is 13.1. The maximum Gasteiger partial charge on any atom is 0.123 e. The Bertz CT molecular complexity index is 1240. The molecule has 1 aromatic heterocycles. The molecule has 2 aromatic carbocycles. The van der Waals surface area contributed by atoms with Crippen LogP contribution in [0.2, 0.25) is 0 Å². The van der Waals surface area contributed by atoms with E-state index in [1.165, 1.54) is 23.3 Å². The lowest BCUT2D eigenvalue weighted by molar-refractivity contribution is 0.292. The molecule has 1 unspecified atom stereocenters. The minimum Gasteiger partial charge on any atom is -0.306 e. The predicted molar refractivity (Wildman–Crippen MR) is 137 cm³/mol. The summed E-state index contributed by atoms with van der Waals surface area (Å²) in [7, 11) is -1.16. The van der Waals surface area contributed by atoms with Crippen LogP contribution in [0.4, 0.5) is 4.39 Å². The molecule has 6 heteroatoms. The first-order valence-electron chi connectivity index (χ1n) is 11.9. The van der Waals surface area contributed by atoms with E-state index in [2.05, 4.69) is 34.5 Å². The molecule has 178 valence electrons. The Labute approximate surface area is 203 Å². The second-order valence-electron chi connectivity index (χ2n) is 10.6. The van der Waals surface area contributed by atoms with Crippen LogP contribution in [-0.4, -0.2) is 24.0 Å². The fourth-order valence-electron chi connectivity index (χ4n) is 5.54. The summed E-state index contributed by atoms with van der Waals surface area (Å²) in [5.74, 6) is 0.487. The van der Waals surface area contributed by atoms with E-state index < -0.39 is 11.0 Å². The highest BCUT2D eigenvalue weighted by Gasteiger charge is 2.51. The number of halogens is 1. The average Bonchev–Trinajstić information content (AvgIpc) is 3.37. The number of hydrogen-bond donors (Lipinski definition) is 1. The molecule has 1 saturated carbocycles. The van der Waals surface area contributed by atoms with E-state index in [-0.39, 0.29) is 16.1 Å². The lowest BCUT2D eigenvalue weighted by Crippen LogP contribution is -2.55. The van der Waals surface area contributed by atoms with Crippen molar-refractivity contribution in [3.8, 4) is 16.9 Å². The fourth-order valence-corrected chi connectivity index (χ4v) is 6.59. The van der Waals surface area contributed by atoms with Crippen molar-refractivity contribution in [3.05, 3.63) is 84.6 Å². The van der Waals surface area contributed by atoms with Crippen LogP contribution in [-0.2, 0) is 23.8 Å². The van der Waals surface area contributed by atoms with Crippen LogP contribution in [0.3, 0.4) is 0 Å². The van der Waals surface area contributed by atoms with Gasteiger partial charge in [-0.15, -0.1) is 6.58 Å². The normalized spacial score (nSPS) is 24.9. The Kier molecular flexibility index (Phi) is 5.85. The van der Waals surface area contributed by atoms with Gasteiger partial charge in [-0.05, 0) is 99.7 Å². The van der Waals surface area contributed by atoms with Gasteiger partial charge in [-0.1, -0.05) is 18.2 Å². The van der Waals surface area contributed by atoms with Crippen molar-refractivity contribution >= 4 is 11.0 Å². The van der Waals surface area contributed by atoms with Gasteiger partial charge in [-0.2, -0.15) is 0 Å². The number of imidazole rings is 1. The Morgan fingerprint density at radius 2 is 1.79 bits per heavy atom. The molecule has 2 bridgehead atoms. The number of hydrogen-bond acceptors (Lipinski definition) is 2. The van der Waals surface area contributed by atoms with E-state index >= 15 is 0 Å². The van der Waals surface area contributed by atoms with Crippen LogP contribution in [0.15, 0.2) is 67.6 Å². The molecule has 1 N–H and O–H groups in total. The molecule has 2 aliphatic rings. The summed E-state index contributed by atoms with van der Waals surface area (Å²) >= 11 is 0. The summed E-state index contributed by atoms with van der Waals surface area (Å²) in [6, 6.07) is 13.1. The maximum atomic E-state index is 13.3. The van der Waals surface area contributed by atoms with E-state index in [1.54, 1.807) is 18.5 Å². The second-order valence-corrected chi connectivity index (χ2v) is 12.6. The highest BCUT2D eigenvalue weighted by atomic mass is 32.2. The molecular weight excluding hydrogens is 445 g/mol. The molecule has 0 aliphatic heterocycles. The molecular formula is C28H32FN3OS. The number of nitrogens with one attached hydrogen (secondary N) is 1. The first-order chi connectivity index (χ1) is 16.2. The van der Waals surface area contributed by atoms with Gasteiger partial charge < -0.3 is 4.57 Å². The van der Waals surface area contributed by atoms with Gasteiger partial charge in [0.05, 0.1) is 33.3 Å². The van der Waals surface area contributed by atoms with Gasteiger partial charge in [0.1, 0.15) is 5.82 Å². The maximum absolute atomic E-state index is 13.3. The van der Waals surface area contributed by atoms with Gasteiger partial charge in [-0.25, -0.2) is 18.3 Å². The molecule has 0 spiro atoms. The van der Waals surface area contributed by atoms with Crippen molar-refractivity contribution in [2.24, 2.45) is 11.8 Å². The van der Waals surface area contributed by atoms with Crippen molar-refractivity contribution < 1.29 is 8.60 Å². The SMILES string of the molecule is C=C[C@]1(NS(=O)C(C)(C)C)[C@@H]2CC[C@H]1Cc1ccc(-c3cn(-c4ccc(F)cc4)cn3)cc1C2. The first kappa shape index (κ1) is 23.2. The van der Waals surface area contributed by atoms with Crippen molar-refractivity contribution in [2.75, 3.05) is 0 Å². The third-order valence-electron chi connectivity index (χ3n) is 7.52. The molecule has 4 nitrogen and oxygen atoms in total. The summed E-state index contributed by atoms with van der Waals surface area (Å²) in [6.45, 7) is 10.2. The highest BCUT2D eigenvalue weighted by Crippen LogP contribution is 2.48. The third kappa shape index (κ3) is 4.07. The largest absolute Gasteiger partial charge is 0.306 e. The predicted octanol–water partition coefficient (Wildman–Crippen LogP) is 5.78. The smallest absolute Gasteiger partial charge is 0.123 e. The molecule has 1 fully saturated rings. The molecule has 34 heavy (non-hydrogen) atoms. The Hall–Kier alpha value is -2.57. The highest BCUT2D eigenvalue weighted by molar-refractivity contribution is 7.84. The summed E-state index contributed by atoms with van der Waals surface area (Å²) < 4.78 is 31.5. The van der Waals surface area contributed by atoms with Gasteiger partial charge in [0.15, 0.2) is 0 Å². The van der Waals surface area contributed by atoms with Crippen LogP contribution >= 0.6 is 0 Å². The molecule has 2 aliphatic carbocycles. The van der Waals surface area contributed by atoms with Gasteiger partial charge in [0.25, 0.3) is 0 Å². The van der Waals surface area contributed by atoms with Crippen LogP contribution in [0.25, 0.3) is 16.9 Å². The van der Waals surface area contributed by atoms with Gasteiger partial charge in [0, 0.05) is 17.4 Å². The summed E-state index contributed by atoms with van der Waals surface area (Å²) in [5, 5.41) is 0. The van der Waals surface area contributed by atoms with Crippen LogP contribution in [0, 0.1) is 17.7 Å². The zero-order chi connectivity index (χ0) is 24.1. The Morgan fingerprint density at radius 1 is 1.12 bits per heavy atom. The van der Waals surface area contributed by atoms with Gasteiger partial charge >= 0.3 is 0 Å². The number of benzene rings is 2. The molecule has 5 rings (SSSR count). The van der Waals surface area contributed by atoms with E-state index in [1.807, 2.05) is 37.6 Å². The quantitative estimate of drug-likeness (QED) is 0.474. The topological polar surface area (TPSA) is 46.9 Å². The molecule has 4 atom stereocenters. The van der Waals surface area contributed by atoms with Crippen LogP contribution < -0.4 is 4.72 Å². The van der Waals surface area contributed by atoms with E-state index in [0.717, 1.165) is 42.6 Å². The summed E-state index contributed by atoms with van der Waals surface area (Å²) in [6.07, 6.45) is 9.90. The average molecular weight is 478 g/mol. The minimum atomic E-state index is -1.16. The lowest BCUT2D eigenvalue weighted by Gasteiger charge is -2.39. The summed E-state index contributed by atoms with van der Waals surface area (Å²) in [4.78, 5) is 4.62. The van der Waals surface area contributed by atoms with E-state index in [0.29, 0.717) is 11.8 Å². The fraction of sp³-hybridized carbons (Fsp3) is 0.393. The van der Waals surface area contributed by atoms with Gasteiger partial charge in [0.2, 0.25) is 0 Å². The van der Waals surface area contributed by atoms with Crippen molar-refractivity contribution in [3.63, 3.8) is 0 Å². The number of aromatic nitrogens is 2. The third-order valence-corrected chi connectivity index (χ3v) is 9.17. The standard InChI is InChI=1S/C28H32FN3OS/c1-5-28(31-34(33)27(2,3)4)22-8-9-23(28)16-21-14-20(7-6-19(21)15-22)26-17-32(18-30-26)25-12-10-24(29)11-13-25/h5-7,10-14,17-18,22-23,31H,1,8-9,15-16H2,2-4H3/t22-,23+,28+,34?/m0/s1. The number of fused-ring (bicyclic) bond motifs is 3. The zero-order valence-corrected chi connectivity index (χ0v) is 20.9. The van der Waals surface area contributed by atoms with Crippen LogP contribution in [0.1, 0.15) is 44.7 Å². The molecule has 1 heterocycles. The zero-order valence-electron chi connectivity index (χ0n) is 20.1. The van der Waals surface area contributed by atoms with Crippen molar-refractivity contribution in [1.82, 2.24) is 14.3 Å². The van der Waals surface area contributed by atoms with Gasteiger partial charge in [-0.3, -0.25) is 0 Å². The Balaban J connectivity index is 1.44. The van der Waals surface area contributed by atoms with E-state index in [9.17, 15) is 8.60 Å². The molecule has 3 aromatic rings. The van der Waals surface area contributed by atoms with Crippen molar-refractivity contribution in [1.29, 1.82) is 0 Å². The monoisotopic (exact) mass is 477 g/mol. The second kappa shape index (κ2) is 8.58. The van der Waals surface area contributed by atoms with Crippen molar-refractivity contribution in [2.45, 2.75) is 56.7 Å². The lowest BCUT2D eigenvalue weighted by atomic mass is 9.80. The molecule has 0 amide bonds.